The molecule has 0 fully saturated rings. The van der Waals surface area contributed by atoms with Crippen LogP contribution in [-0.4, -0.2) is 30.8 Å². The van der Waals surface area contributed by atoms with E-state index in [9.17, 15) is 22.4 Å². The number of aldehydes is 1. The van der Waals surface area contributed by atoms with E-state index in [-0.39, 0.29) is 18.7 Å². The van der Waals surface area contributed by atoms with Gasteiger partial charge in [-0.15, -0.1) is 0 Å². The number of carbonyl (C=O) groups excluding carboxylic acids is 1. The van der Waals surface area contributed by atoms with Crippen LogP contribution in [0.4, 0.5) is 23.2 Å². The van der Waals surface area contributed by atoms with E-state index in [2.05, 4.69) is 5.10 Å². The number of rotatable bonds is 7. The molecule has 0 radical (unpaired) electrons. The fourth-order valence-electron chi connectivity index (χ4n) is 4.47. The standard InChI is InChI=1S/C28H26F4N2O2.C2H6/c1-18-14-21(24-16-23(36-3)10-11-25(24)29)7-6-20(18)15-19-4-8-22(9-5-19)34-27(2,12-13-35)17-26(33-34)28(30,31)32;1-2/h4-11,13-14,16H,12,15,17H2,1-3H3;1-2H3. The Morgan fingerprint density at radius 2 is 1.74 bits per heavy atom. The molecule has 202 valence electrons. The first-order valence-electron chi connectivity index (χ1n) is 12.4. The summed E-state index contributed by atoms with van der Waals surface area (Å²) in [5.74, 6) is 0.237. The van der Waals surface area contributed by atoms with E-state index in [1.54, 1.807) is 31.2 Å². The minimum atomic E-state index is -4.55. The van der Waals surface area contributed by atoms with Crippen molar-refractivity contribution in [1.82, 2.24) is 0 Å². The number of aryl methyl sites for hydroxylation is 1. The number of ether oxygens (including phenoxy) is 1. The predicted molar refractivity (Wildman–Crippen MR) is 143 cm³/mol. The van der Waals surface area contributed by atoms with E-state index in [0.29, 0.717) is 29.7 Å². The Morgan fingerprint density at radius 1 is 1.05 bits per heavy atom. The highest BCUT2D eigenvalue weighted by atomic mass is 19.4. The molecule has 3 aromatic rings. The Balaban J connectivity index is 0.00000195. The van der Waals surface area contributed by atoms with E-state index in [4.69, 9.17) is 4.74 Å². The zero-order valence-electron chi connectivity index (χ0n) is 22.2. The SMILES string of the molecule is CC.COc1ccc(F)c(-c2ccc(Cc3ccc(N4N=C(C(F)(F)F)CC4(C)CC=O)cc3)c(C)c2)c1. The summed E-state index contributed by atoms with van der Waals surface area (Å²) in [6.07, 6.45) is -3.75. The van der Waals surface area contributed by atoms with Crippen LogP contribution in [0.15, 0.2) is 65.8 Å². The summed E-state index contributed by atoms with van der Waals surface area (Å²) in [4.78, 5) is 11.2. The third-order valence-corrected chi connectivity index (χ3v) is 6.53. The number of anilines is 1. The molecule has 0 amide bonds. The van der Waals surface area contributed by atoms with Gasteiger partial charge in [-0.25, -0.2) is 4.39 Å². The largest absolute Gasteiger partial charge is 0.497 e. The molecule has 0 saturated carbocycles. The van der Waals surface area contributed by atoms with Crippen molar-refractivity contribution in [1.29, 1.82) is 0 Å². The van der Waals surface area contributed by atoms with Crippen LogP contribution in [0.1, 0.15) is 50.3 Å². The van der Waals surface area contributed by atoms with Crippen LogP contribution in [0.25, 0.3) is 11.1 Å². The molecule has 4 nitrogen and oxygen atoms in total. The number of nitrogens with zero attached hydrogens (tertiary/aromatic N) is 2. The smallest absolute Gasteiger partial charge is 0.431 e. The minimum absolute atomic E-state index is 0.0722. The molecule has 0 spiro atoms. The zero-order chi connectivity index (χ0) is 28.1. The first-order chi connectivity index (χ1) is 18.0. The number of hydrogen-bond donors (Lipinski definition) is 0. The Kier molecular flexibility index (Phi) is 8.97. The van der Waals surface area contributed by atoms with Gasteiger partial charge in [0.2, 0.25) is 0 Å². The van der Waals surface area contributed by atoms with E-state index < -0.39 is 17.4 Å². The number of methoxy groups -OCH3 is 1. The molecule has 1 aliphatic heterocycles. The van der Waals surface area contributed by atoms with Gasteiger partial charge in [-0.3, -0.25) is 5.01 Å². The topological polar surface area (TPSA) is 41.9 Å². The van der Waals surface area contributed by atoms with Gasteiger partial charge in [0.1, 0.15) is 23.6 Å². The van der Waals surface area contributed by atoms with Gasteiger partial charge in [-0.2, -0.15) is 18.3 Å². The number of alkyl halides is 3. The fourth-order valence-corrected chi connectivity index (χ4v) is 4.47. The molecule has 0 saturated heterocycles. The lowest BCUT2D eigenvalue weighted by Gasteiger charge is -2.32. The number of carbonyl (C=O) groups is 1. The molecule has 1 aliphatic rings. The van der Waals surface area contributed by atoms with Gasteiger partial charge in [-0.05, 0) is 72.9 Å². The first kappa shape index (κ1) is 28.9. The van der Waals surface area contributed by atoms with Crippen LogP contribution in [0, 0.1) is 12.7 Å². The van der Waals surface area contributed by atoms with Gasteiger partial charge in [0.25, 0.3) is 0 Å². The van der Waals surface area contributed by atoms with Gasteiger partial charge in [0.05, 0.1) is 18.3 Å². The highest BCUT2D eigenvalue weighted by molar-refractivity contribution is 5.94. The maximum absolute atomic E-state index is 14.4. The van der Waals surface area contributed by atoms with Crippen molar-refractivity contribution in [2.45, 2.75) is 58.7 Å². The van der Waals surface area contributed by atoms with E-state index in [0.717, 1.165) is 22.3 Å². The Morgan fingerprint density at radius 3 is 2.32 bits per heavy atom. The Bertz CT molecular complexity index is 1300. The van der Waals surface area contributed by atoms with E-state index in [1.807, 2.05) is 51.1 Å². The monoisotopic (exact) mass is 528 g/mol. The lowest BCUT2D eigenvalue weighted by molar-refractivity contribution is -0.108. The maximum atomic E-state index is 14.4. The third-order valence-electron chi connectivity index (χ3n) is 6.53. The molecule has 1 unspecified atom stereocenters. The van der Waals surface area contributed by atoms with Crippen LogP contribution in [-0.2, 0) is 11.2 Å². The molecular weight excluding hydrogens is 496 g/mol. The maximum Gasteiger partial charge on any atom is 0.431 e. The number of hydrazone groups is 1. The molecule has 38 heavy (non-hydrogen) atoms. The van der Waals surface area contributed by atoms with Crippen molar-refractivity contribution in [2.75, 3.05) is 12.1 Å². The Hall–Kier alpha value is -3.68. The quantitative estimate of drug-likeness (QED) is 0.231. The van der Waals surface area contributed by atoms with Crippen molar-refractivity contribution in [3.8, 4) is 16.9 Å². The average Bonchev–Trinajstić information content (AvgIpc) is 3.25. The second kappa shape index (κ2) is 11.8. The molecule has 1 heterocycles. The van der Waals surface area contributed by atoms with Gasteiger partial charge in [0, 0.05) is 18.4 Å². The molecule has 4 rings (SSSR count). The Labute approximate surface area is 220 Å². The van der Waals surface area contributed by atoms with Crippen LogP contribution in [0.3, 0.4) is 0 Å². The third kappa shape index (κ3) is 6.23. The highest BCUT2D eigenvalue weighted by Crippen LogP contribution is 2.39. The summed E-state index contributed by atoms with van der Waals surface area (Å²) >= 11 is 0. The van der Waals surface area contributed by atoms with Crippen molar-refractivity contribution in [3.63, 3.8) is 0 Å². The summed E-state index contributed by atoms with van der Waals surface area (Å²) < 4.78 is 59.5. The molecule has 0 aliphatic carbocycles. The van der Waals surface area contributed by atoms with Gasteiger partial charge in [-0.1, -0.05) is 44.2 Å². The van der Waals surface area contributed by atoms with Gasteiger partial charge >= 0.3 is 6.18 Å². The molecule has 0 bridgehead atoms. The first-order valence-corrected chi connectivity index (χ1v) is 12.4. The number of halogens is 4. The predicted octanol–water partition coefficient (Wildman–Crippen LogP) is 7.90. The normalized spacial score (nSPS) is 17.0. The average molecular weight is 529 g/mol. The van der Waals surface area contributed by atoms with E-state index >= 15 is 0 Å². The molecule has 3 aromatic carbocycles. The summed E-state index contributed by atoms with van der Waals surface area (Å²) in [6.45, 7) is 7.56. The molecule has 0 aromatic heterocycles. The molecular formula is C30H32F4N2O2. The summed E-state index contributed by atoms with van der Waals surface area (Å²) in [5.41, 5.74) is 2.70. The fraction of sp³-hybridized carbons (Fsp3) is 0.333. The second-order valence-electron chi connectivity index (χ2n) is 9.23. The van der Waals surface area contributed by atoms with Gasteiger partial charge in [0.15, 0.2) is 0 Å². The summed E-state index contributed by atoms with van der Waals surface area (Å²) in [5, 5.41) is 5.12. The van der Waals surface area contributed by atoms with Crippen LogP contribution >= 0.6 is 0 Å². The molecule has 0 N–H and O–H groups in total. The summed E-state index contributed by atoms with van der Waals surface area (Å²) in [7, 11) is 1.53. The minimum Gasteiger partial charge on any atom is -0.497 e. The number of hydrogen-bond acceptors (Lipinski definition) is 4. The molecule has 8 heteroatoms. The summed E-state index contributed by atoms with van der Waals surface area (Å²) in [6, 6.07) is 17.4. The highest BCUT2D eigenvalue weighted by Gasteiger charge is 2.48. The van der Waals surface area contributed by atoms with Crippen molar-refractivity contribution in [2.24, 2.45) is 5.10 Å². The van der Waals surface area contributed by atoms with Crippen molar-refractivity contribution >= 4 is 17.7 Å². The van der Waals surface area contributed by atoms with Crippen LogP contribution in [0.5, 0.6) is 5.75 Å². The second-order valence-corrected chi connectivity index (χ2v) is 9.23. The van der Waals surface area contributed by atoms with Crippen LogP contribution in [0.2, 0.25) is 0 Å². The van der Waals surface area contributed by atoms with Crippen molar-refractivity contribution in [3.05, 3.63) is 83.2 Å². The van der Waals surface area contributed by atoms with Crippen molar-refractivity contribution < 1.29 is 27.1 Å². The van der Waals surface area contributed by atoms with E-state index in [1.165, 1.54) is 18.2 Å². The zero-order valence-corrected chi connectivity index (χ0v) is 22.2. The molecule has 1 atom stereocenters. The van der Waals surface area contributed by atoms with Gasteiger partial charge < -0.3 is 9.53 Å². The van der Waals surface area contributed by atoms with Crippen LogP contribution < -0.4 is 9.75 Å². The lowest BCUT2D eigenvalue weighted by Crippen LogP contribution is -2.40. The lowest BCUT2D eigenvalue weighted by atomic mass is 9.91. The number of benzene rings is 3.